The number of thiophene rings is 2. The standard InChI is InChI=1S/C57H33N5S2/c1-2-16-34(17-3-1)55-58-56(51-47(32-30-41-39-22-8-14-28-49(39)63-53(41)51)61-43-24-10-4-18-35(43)36-19-5-11-25-44(36)61)60-57(59-55)52-48(33-31-42-40-23-9-15-29-50(40)64-54(42)52)62-45-26-12-6-20-37(45)38-21-7-13-27-46(38)62/h1-33H. The first-order valence-electron chi connectivity index (χ1n) is 21.4. The van der Waals surface area contributed by atoms with Crippen molar-refractivity contribution in [1.29, 1.82) is 0 Å². The van der Waals surface area contributed by atoms with E-state index in [1.54, 1.807) is 22.7 Å². The van der Waals surface area contributed by atoms with Gasteiger partial charge in [-0.1, -0.05) is 152 Å². The highest BCUT2D eigenvalue weighted by Crippen LogP contribution is 2.48. The van der Waals surface area contributed by atoms with Crippen molar-refractivity contribution in [1.82, 2.24) is 24.1 Å². The number of benzene rings is 9. The highest BCUT2D eigenvalue weighted by atomic mass is 32.1. The minimum atomic E-state index is 0.623. The van der Waals surface area contributed by atoms with E-state index >= 15 is 0 Å². The summed E-state index contributed by atoms with van der Waals surface area (Å²) >= 11 is 3.60. The molecule has 0 unspecified atom stereocenters. The summed E-state index contributed by atoms with van der Waals surface area (Å²) in [6.45, 7) is 0. The molecule has 0 fully saturated rings. The van der Waals surface area contributed by atoms with E-state index in [1.165, 1.54) is 52.5 Å². The molecule has 0 amide bonds. The molecule has 0 spiro atoms. The third kappa shape index (κ3) is 5.13. The maximum atomic E-state index is 5.77. The van der Waals surface area contributed by atoms with Crippen LogP contribution in [0.1, 0.15) is 0 Å². The lowest BCUT2D eigenvalue weighted by atomic mass is 10.0. The van der Waals surface area contributed by atoms with Gasteiger partial charge in [0.2, 0.25) is 0 Å². The van der Waals surface area contributed by atoms with Gasteiger partial charge in [-0.3, -0.25) is 0 Å². The van der Waals surface area contributed by atoms with Gasteiger partial charge < -0.3 is 9.13 Å². The van der Waals surface area contributed by atoms with Crippen LogP contribution < -0.4 is 0 Å². The smallest absolute Gasteiger partial charge is 0.167 e. The van der Waals surface area contributed by atoms with Crippen LogP contribution in [0, 0.1) is 0 Å². The largest absolute Gasteiger partial charge is 0.308 e. The molecule has 0 bridgehead atoms. The summed E-state index contributed by atoms with van der Waals surface area (Å²) in [5, 5.41) is 9.62. The monoisotopic (exact) mass is 851 g/mol. The predicted octanol–water partition coefficient (Wildman–Crippen LogP) is 15.8. The zero-order valence-corrected chi connectivity index (χ0v) is 35.7. The van der Waals surface area contributed by atoms with E-state index in [0.29, 0.717) is 17.5 Å². The molecule has 0 aliphatic rings. The molecular weight excluding hydrogens is 819 g/mol. The van der Waals surface area contributed by atoms with Crippen LogP contribution in [0.3, 0.4) is 0 Å². The number of aromatic nitrogens is 5. The second kappa shape index (κ2) is 13.8. The molecule has 14 aromatic rings. The highest BCUT2D eigenvalue weighted by molar-refractivity contribution is 7.26. The summed E-state index contributed by atoms with van der Waals surface area (Å²) in [7, 11) is 0. The Bertz CT molecular complexity index is 3850. The molecule has 5 nitrogen and oxygen atoms in total. The lowest BCUT2D eigenvalue weighted by molar-refractivity contribution is 1.06. The second-order valence-corrected chi connectivity index (χ2v) is 18.4. The van der Waals surface area contributed by atoms with Crippen LogP contribution in [0.2, 0.25) is 0 Å². The molecule has 0 aliphatic carbocycles. The SMILES string of the molecule is c1ccc(-c2nc(-c3c(-n4c5ccccc5c5ccccc54)ccc4c3sc3ccccc34)nc(-c3c(-n4c5ccccc5c5ccccc54)ccc4c3sc3ccccc34)n2)cc1. The Morgan fingerprint density at radius 3 is 1.05 bits per heavy atom. The molecule has 0 saturated heterocycles. The Morgan fingerprint density at radius 1 is 0.281 bits per heavy atom. The van der Waals surface area contributed by atoms with Crippen molar-refractivity contribution in [3.05, 3.63) is 200 Å². The van der Waals surface area contributed by atoms with E-state index in [4.69, 9.17) is 15.0 Å². The van der Waals surface area contributed by atoms with Crippen LogP contribution in [0.5, 0.6) is 0 Å². The zero-order valence-electron chi connectivity index (χ0n) is 34.1. The molecule has 298 valence electrons. The first kappa shape index (κ1) is 35.6. The van der Waals surface area contributed by atoms with Gasteiger partial charge >= 0.3 is 0 Å². The van der Waals surface area contributed by atoms with E-state index in [0.717, 1.165) is 59.5 Å². The quantitative estimate of drug-likeness (QED) is 0.173. The number of hydrogen-bond donors (Lipinski definition) is 0. The molecule has 9 aromatic carbocycles. The van der Waals surface area contributed by atoms with Crippen molar-refractivity contribution in [3.8, 4) is 45.5 Å². The molecule has 0 N–H and O–H groups in total. The van der Waals surface area contributed by atoms with Crippen LogP contribution in [0.4, 0.5) is 0 Å². The maximum Gasteiger partial charge on any atom is 0.167 e. The number of nitrogens with zero attached hydrogens (tertiary/aromatic N) is 5. The minimum Gasteiger partial charge on any atom is -0.308 e. The average molecular weight is 852 g/mol. The number of rotatable bonds is 5. The van der Waals surface area contributed by atoms with Crippen LogP contribution >= 0.6 is 22.7 Å². The molecule has 0 aliphatic heterocycles. The summed E-state index contributed by atoms with van der Waals surface area (Å²) in [4.78, 5) is 16.8. The summed E-state index contributed by atoms with van der Waals surface area (Å²) in [6, 6.07) is 71.7. The van der Waals surface area contributed by atoms with E-state index in [1.807, 2.05) is 6.07 Å². The van der Waals surface area contributed by atoms with Gasteiger partial charge in [-0.05, 0) is 48.5 Å². The topological polar surface area (TPSA) is 48.5 Å². The Hall–Kier alpha value is -7.97. The molecule has 0 saturated carbocycles. The van der Waals surface area contributed by atoms with Crippen molar-refractivity contribution in [2.45, 2.75) is 0 Å². The van der Waals surface area contributed by atoms with Crippen molar-refractivity contribution >= 4 is 107 Å². The normalized spacial score (nSPS) is 12.1. The summed E-state index contributed by atoms with van der Waals surface area (Å²) < 4.78 is 9.54. The molecular formula is C57H33N5S2. The molecule has 5 aromatic heterocycles. The summed E-state index contributed by atoms with van der Waals surface area (Å²) in [5.74, 6) is 1.88. The van der Waals surface area contributed by atoms with Crippen LogP contribution in [-0.4, -0.2) is 24.1 Å². The van der Waals surface area contributed by atoms with Crippen LogP contribution in [0.25, 0.3) is 129 Å². The van der Waals surface area contributed by atoms with Gasteiger partial charge in [0.1, 0.15) is 0 Å². The fraction of sp³-hybridized carbons (Fsp3) is 0. The second-order valence-electron chi connectivity index (χ2n) is 16.3. The van der Waals surface area contributed by atoms with E-state index < -0.39 is 0 Å². The minimum absolute atomic E-state index is 0.623. The van der Waals surface area contributed by atoms with Crippen LogP contribution in [0.15, 0.2) is 200 Å². The Balaban J connectivity index is 1.16. The summed E-state index contributed by atoms with van der Waals surface area (Å²) in [6.07, 6.45) is 0. The Morgan fingerprint density at radius 2 is 0.625 bits per heavy atom. The van der Waals surface area contributed by atoms with Gasteiger partial charge in [-0.15, -0.1) is 22.7 Å². The fourth-order valence-corrected chi connectivity index (χ4v) is 12.5. The third-order valence-electron chi connectivity index (χ3n) is 12.8. The average Bonchev–Trinajstić information content (AvgIpc) is 4.11. The van der Waals surface area contributed by atoms with Gasteiger partial charge in [0.05, 0.1) is 44.6 Å². The number of fused-ring (bicyclic) bond motifs is 12. The van der Waals surface area contributed by atoms with Crippen molar-refractivity contribution in [2.24, 2.45) is 0 Å². The van der Waals surface area contributed by atoms with Gasteiger partial charge in [-0.2, -0.15) is 0 Å². The van der Waals surface area contributed by atoms with Gasteiger partial charge in [0, 0.05) is 67.5 Å². The van der Waals surface area contributed by atoms with E-state index in [2.05, 4.69) is 203 Å². The first-order valence-corrected chi connectivity index (χ1v) is 23.1. The van der Waals surface area contributed by atoms with Crippen molar-refractivity contribution < 1.29 is 0 Å². The Kier molecular flexibility index (Phi) is 7.66. The fourth-order valence-electron chi connectivity index (χ4n) is 10.0. The highest BCUT2D eigenvalue weighted by Gasteiger charge is 2.26. The molecule has 0 atom stereocenters. The maximum absolute atomic E-state index is 5.77. The van der Waals surface area contributed by atoms with Gasteiger partial charge in [0.15, 0.2) is 17.5 Å². The zero-order chi connectivity index (χ0) is 41.9. The number of para-hydroxylation sites is 4. The van der Waals surface area contributed by atoms with E-state index in [9.17, 15) is 0 Å². The molecule has 64 heavy (non-hydrogen) atoms. The lowest BCUT2D eigenvalue weighted by Crippen LogP contribution is -2.06. The van der Waals surface area contributed by atoms with E-state index in [-0.39, 0.29) is 0 Å². The van der Waals surface area contributed by atoms with Crippen molar-refractivity contribution in [2.75, 3.05) is 0 Å². The van der Waals surface area contributed by atoms with Crippen LogP contribution in [-0.2, 0) is 0 Å². The first-order chi connectivity index (χ1) is 31.8. The number of hydrogen-bond acceptors (Lipinski definition) is 5. The predicted molar refractivity (Wildman–Crippen MR) is 271 cm³/mol. The summed E-state index contributed by atoms with van der Waals surface area (Å²) in [5.41, 5.74) is 9.46. The van der Waals surface area contributed by atoms with Gasteiger partial charge in [0.25, 0.3) is 0 Å². The molecule has 5 heterocycles. The molecule has 14 rings (SSSR count). The molecule has 7 heteroatoms. The molecule has 0 radical (unpaired) electrons. The lowest BCUT2D eigenvalue weighted by Gasteiger charge is -2.17. The van der Waals surface area contributed by atoms with Crippen molar-refractivity contribution in [3.63, 3.8) is 0 Å². The van der Waals surface area contributed by atoms with Gasteiger partial charge in [-0.25, -0.2) is 15.0 Å². The Labute approximate surface area is 374 Å². The third-order valence-corrected chi connectivity index (χ3v) is 15.2.